The Morgan fingerprint density at radius 3 is 2.77 bits per heavy atom. The number of benzene rings is 1. The van der Waals surface area contributed by atoms with E-state index in [1.54, 1.807) is 6.92 Å². The highest BCUT2D eigenvalue weighted by molar-refractivity contribution is 6.53. The normalized spacial score (nSPS) is 22.8. The second kappa shape index (κ2) is 5.14. The number of imidazole rings is 1. The van der Waals surface area contributed by atoms with E-state index in [0.29, 0.717) is 19.4 Å². The molecule has 1 aromatic heterocycles. The van der Waals surface area contributed by atoms with Gasteiger partial charge in [-0.3, -0.25) is 4.79 Å². The molecule has 1 aromatic carbocycles. The maximum Gasteiger partial charge on any atom is 0.229 e. The van der Waals surface area contributed by atoms with Crippen molar-refractivity contribution in [3.8, 4) is 0 Å². The van der Waals surface area contributed by atoms with Crippen LogP contribution in [0.5, 0.6) is 0 Å². The third kappa shape index (κ3) is 2.48. The van der Waals surface area contributed by atoms with E-state index in [2.05, 4.69) is 40.0 Å². The Morgan fingerprint density at radius 2 is 2.14 bits per heavy atom. The molecule has 0 bridgehead atoms. The van der Waals surface area contributed by atoms with Crippen LogP contribution in [0.2, 0.25) is 0 Å². The van der Waals surface area contributed by atoms with Crippen LogP contribution in [-0.4, -0.2) is 26.3 Å². The first-order chi connectivity index (χ1) is 10.2. The largest absolute Gasteiger partial charge is 0.355 e. The minimum atomic E-state index is -0.924. The number of alkyl halides is 2. The average Bonchev–Trinajstić information content (AvgIpc) is 2.81. The lowest BCUT2D eigenvalue weighted by molar-refractivity contribution is -0.125. The lowest BCUT2D eigenvalue weighted by atomic mass is 10.1. The second-order valence-electron chi connectivity index (χ2n) is 6.30. The zero-order valence-corrected chi connectivity index (χ0v) is 14.4. The number of fused-ring (bicyclic) bond motifs is 1. The van der Waals surface area contributed by atoms with E-state index in [0.717, 1.165) is 16.9 Å². The predicted octanol–water partition coefficient (Wildman–Crippen LogP) is 3.12. The van der Waals surface area contributed by atoms with Crippen LogP contribution in [0, 0.1) is 12.3 Å². The summed E-state index contributed by atoms with van der Waals surface area (Å²) in [5, 5.41) is 2.91. The van der Waals surface area contributed by atoms with Crippen molar-refractivity contribution < 1.29 is 4.79 Å². The predicted molar refractivity (Wildman–Crippen MR) is 89.3 cm³/mol. The maximum absolute atomic E-state index is 12.1. The topological polar surface area (TPSA) is 46.9 Å². The van der Waals surface area contributed by atoms with Crippen molar-refractivity contribution in [3.05, 3.63) is 29.6 Å². The van der Waals surface area contributed by atoms with Crippen LogP contribution in [0.3, 0.4) is 0 Å². The van der Waals surface area contributed by atoms with Gasteiger partial charge in [-0.15, -0.1) is 23.2 Å². The highest BCUT2D eigenvalue weighted by atomic mass is 35.5. The molecule has 0 saturated heterocycles. The zero-order valence-electron chi connectivity index (χ0n) is 12.9. The molecule has 4 nitrogen and oxygen atoms in total. The van der Waals surface area contributed by atoms with Crippen LogP contribution in [-0.2, 0) is 18.3 Å². The molecular formula is C16H19Cl2N3O. The molecule has 2 aromatic rings. The van der Waals surface area contributed by atoms with Crippen molar-refractivity contribution in [2.45, 2.75) is 31.0 Å². The number of hydrogen-bond donors (Lipinski definition) is 1. The fourth-order valence-corrected chi connectivity index (χ4v) is 3.42. The lowest BCUT2D eigenvalue weighted by Crippen LogP contribution is -2.34. The van der Waals surface area contributed by atoms with E-state index in [4.69, 9.17) is 23.2 Å². The number of aryl methyl sites for hydroxylation is 2. The molecule has 1 aliphatic carbocycles. The highest BCUT2D eigenvalue weighted by Crippen LogP contribution is 2.63. The molecule has 3 rings (SSSR count). The van der Waals surface area contributed by atoms with Gasteiger partial charge in [-0.25, -0.2) is 4.98 Å². The van der Waals surface area contributed by atoms with Crippen molar-refractivity contribution in [1.29, 1.82) is 0 Å². The summed E-state index contributed by atoms with van der Waals surface area (Å²) in [7, 11) is 1.99. The van der Waals surface area contributed by atoms with Crippen LogP contribution in [0.1, 0.15) is 24.7 Å². The van der Waals surface area contributed by atoms with Crippen LogP contribution in [0.15, 0.2) is 18.2 Å². The molecule has 0 aliphatic heterocycles. The first kappa shape index (κ1) is 15.6. The number of nitrogens with one attached hydrogen (secondary N) is 1. The quantitative estimate of drug-likeness (QED) is 0.870. The number of halogens is 2. The number of nitrogens with zero attached hydrogens (tertiary/aromatic N) is 2. The van der Waals surface area contributed by atoms with Crippen LogP contribution >= 0.6 is 23.2 Å². The van der Waals surface area contributed by atoms with Gasteiger partial charge in [0.25, 0.3) is 0 Å². The smallest absolute Gasteiger partial charge is 0.229 e. The molecule has 1 amide bonds. The molecule has 1 N–H and O–H groups in total. The summed E-state index contributed by atoms with van der Waals surface area (Å²) in [6.07, 6.45) is 1.17. The number of carbonyl (C=O) groups is 1. The molecule has 1 unspecified atom stereocenters. The van der Waals surface area contributed by atoms with E-state index >= 15 is 0 Å². The van der Waals surface area contributed by atoms with Gasteiger partial charge in [0.05, 0.1) is 16.4 Å². The second-order valence-corrected chi connectivity index (χ2v) is 7.78. The van der Waals surface area contributed by atoms with E-state index in [-0.39, 0.29) is 5.91 Å². The van der Waals surface area contributed by atoms with Crippen molar-refractivity contribution in [1.82, 2.24) is 14.9 Å². The summed E-state index contributed by atoms with van der Waals surface area (Å²) in [6, 6.07) is 6.21. The Hall–Kier alpha value is -1.26. The number of hydrogen-bond acceptors (Lipinski definition) is 2. The van der Waals surface area contributed by atoms with E-state index in [1.807, 2.05) is 7.05 Å². The van der Waals surface area contributed by atoms with Crippen molar-refractivity contribution in [3.63, 3.8) is 0 Å². The van der Waals surface area contributed by atoms with Gasteiger partial charge in [0.1, 0.15) is 10.2 Å². The van der Waals surface area contributed by atoms with Gasteiger partial charge in [0.15, 0.2) is 0 Å². The van der Waals surface area contributed by atoms with Gasteiger partial charge in [0.2, 0.25) is 5.91 Å². The summed E-state index contributed by atoms with van der Waals surface area (Å²) in [5.41, 5.74) is 2.60. The van der Waals surface area contributed by atoms with Crippen LogP contribution < -0.4 is 5.32 Å². The maximum atomic E-state index is 12.1. The molecule has 1 heterocycles. The monoisotopic (exact) mass is 339 g/mol. The molecular weight excluding hydrogens is 321 g/mol. The molecule has 0 radical (unpaired) electrons. The Labute approximate surface area is 139 Å². The van der Waals surface area contributed by atoms with Gasteiger partial charge in [-0.05, 0) is 38.0 Å². The van der Waals surface area contributed by atoms with Crippen molar-refractivity contribution in [2.24, 2.45) is 12.5 Å². The Kier molecular flexibility index (Phi) is 3.65. The number of carbonyl (C=O) groups excluding carboxylic acids is 1. The fraction of sp³-hybridized carbons (Fsp3) is 0.500. The molecule has 1 aliphatic rings. The summed E-state index contributed by atoms with van der Waals surface area (Å²) in [5.74, 6) is 0.858. The molecule has 1 fully saturated rings. The minimum absolute atomic E-state index is 0.0906. The van der Waals surface area contributed by atoms with E-state index < -0.39 is 9.75 Å². The molecule has 1 saturated carbocycles. The third-order valence-corrected chi connectivity index (χ3v) is 5.62. The molecule has 118 valence electrons. The van der Waals surface area contributed by atoms with Gasteiger partial charge in [-0.1, -0.05) is 6.07 Å². The summed E-state index contributed by atoms with van der Waals surface area (Å²) < 4.78 is 1.14. The lowest BCUT2D eigenvalue weighted by Gasteiger charge is -2.12. The van der Waals surface area contributed by atoms with E-state index in [9.17, 15) is 4.79 Å². The summed E-state index contributed by atoms with van der Waals surface area (Å²) >= 11 is 12.0. The highest BCUT2D eigenvalue weighted by Gasteiger charge is 2.67. The standard InChI is InChI=1S/C16H19Cl2N3O/c1-10-4-5-12-11(8-10)20-13(21(12)3)6-7-19-14(22)15(2)9-16(15,17)18/h4-5,8H,6-7,9H2,1-3H3,(H,19,22). The van der Waals surface area contributed by atoms with Gasteiger partial charge in [0, 0.05) is 20.0 Å². The zero-order chi connectivity index (χ0) is 16.1. The third-order valence-electron chi connectivity index (χ3n) is 4.52. The van der Waals surface area contributed by atoms with Crippen LogP contribution in [0.4, 0.5) is 0 Å². The van der Waals surface area contributed by atoms with E-state index in [1.165, 1.54) is 5.56 Å². The molecule has 6 heteroatoms. The Bertz CT molecular complexity index is 753. The van der Waals surface area contributed by atoms with Crippen LogP contribution in [0.25, 0.3) is 11.0 Å². The average molecular weight is 340 g/mol. The van der Waals surface area contributed by atoms with Gasteiger partial charge in [-0.2, -0.15) is 0 Å². The minimum Gasteiger partial charge on any atom is -0.355 e. The fourth-order valence-electron chi connectivity index (χ4n) is 2.71. The Balaban J connectivity index is 1.65. The van der Waals surface area contributed by atoms with Gasteiger partial charge < -0.3 is 9.88 Å². The molecule has 1 atom stereocenters. The summed E-state index contributed by atoms with van der Waals surface area (Å²) in [4.78, 5) is 16.8. The summed E-state index contributed by atoms with van der Waals surface area (Å²) in [6.45, 7) is 4.36. The van der Waals surface area contributed by atoms with Crippen molar-refractivity contribution in [2.75, 3.05) is 6.54 Å². The van der Waals surface area contributed by atoms with Crippen molar-refractivity contribution >= 4 is 40.1 Å². The molecule has 0 spiro atoms. The number of amides is 1. The number of rotatable bonds is 4. The Morgan fingerprint density at radius 1 is 1.45 bits per heavy atom. The first-order valence-corrected chi connectivity index (χ1v) is 8.08. The first-order valence-electron chi connectivity index (χ1n) is 7.33. The van der Waals surface area contributed by atoms with Gasteiger partial charge >= 0.3 is 0 Å². The molecule has 22 heavy (non-hydrogen) atoms. The SMILES string of the molecule is Cc1ccc2c(c1)nc(CCNC(=O)C1(C)CC1(Cl)Cl)n2C. The number of aromatic nitrogens is 2.